The van der Waals surface area contributed by atoms with Gasteiger partial charge in [0.15, 0.2) is 0 Å². The molecule has 0 aliphatic heterocycles. The van der Waals surface area contributed by atoms with Crippen LogP contribution in [0.25, 0.3) is 49.6 Å². The molecule has 0 bridgehead atoms. The van der Waals surface area contributed by atoms with Gasteiger partial charge < -0.3 is 18.9 Å². The summed E-state index contributed by atoms with van der Waals surface area (Å²) in [6.07, 6.45) is 10.4. The van der Waals surface area contributed by atoms with Crippen molar-refractivity contribution in [1.29, 1.82) is 0 Å². The van der Waals surface area contributed by atoms with Gasteiger partial charge >= 0.3 is 0 Å². The van der Waals surface area contributed by atoms with Crippen molar-refractivity contribution in [3.05, 3.63) is 165 Å². The van der Waals surface area contributed by atoms with Gasteiger partial charge in [-0.25, -0.2) is 19.9 Å². The van der Waals surface area contributed by atoms with E-state index in [1.807, 2.05) is 126 Å². The van der Waals surface area contributed by atoms with E-state index in [9.17, 15) is 0 Å². The minimum Gasteiger partial charge on any atom is -0.457 e. The van der Waals surface area contributed by atoms with Gasteiger partial charge in [-0.3, -0.25) is 14.5 Å². The summed E-state index contributed by atoms with van der Waals surface area (Å²) in [4.78, 5) is 26.9. The van der Waals surface area contributed by atoms with Crippen LogP contribution in [0.1, 0.15) is 0 Å². The molecule has 55 heavy (non-hydrogen) atoms. The second-order valence-electron chi connectivity index (χ2n) is 12.5. The Kier molecular flexibility index (Phi) is 7.84. The van der Waals surface area contributed by atoms with Gasteiger partial charge in [-0.15, -0.1) is 0 Å². The highest BCUT2D eigenvalue weighted by atomic mass is 16.5. The van der Waals surface area contributed by atoms with Crippen molar-refractivity contribution in [1.82, 2.24) is 34.5 Å². The Morgan fingerprint density at radius 2 is 0.818 bits per heavy atom. The summed E-state index contributed by atoms with van der Waals surface area (Å²) in [5.41, 5.74) is 3.34. The third-order valence-electron chi connectivity index (χ3n) is 8.91. The fourth-order valence-electron chi connectivity index (χ4n) is 6.45. The Hall–Kier alpha value is -7.92. The highest BCUT2D eigenvalue weighted by molar-refractivity contribution is 6.09. The van der Waals surface area contributed by atoms with Gasteiger partial charge in [0, 0.05) is 95.1 Å². The molecule has 0 saturated carbocycles. The van der Waals surface area contributed by atoms with Gasteiger partial charge in [0.1, 0.15) is 34.5 Å². The maximum absolute atomic E-state index is 6.39. The number of nitrogens with zero attached hydrogens (tertiary/aromatic N) is 7. The van der Waals surface area contributed by atoms with E-state index in [1.54, 1.807) is 43.2 Å². The predicted octanol–water partition coefficient (Wildman–Crippen LogP) is 10.6. The number of benzene rings is 4. The second-order valence-corrected chi connectivity index (χ2v) is 12.5. The number of hydrogen-bond donors (Lipinski definition) is 0. The molecule has 0 aliphatic carbocycles. The third-order valence-corrected chi connectivity index (χ3v) is 8.91. The van der Waals surface area contributed by atoms with E-state index in [4.69, 9.17) is 18.9 Å². The molecule has 4 aromatic carbocycles. The molecule has 0 atom stereocenters. The van der Waals surface area contributed by atoms with Crippen LogP contribution >= 0.6 is 0 Å². The first kappa shape index (κ1) is 31.8. The Labute approximate surface area is 313 Å². The Balaban J connectivity index is 0.947. The first-order chi connectivity index (χ1) is 27.2. The standard InChI is InChI=1S/C44H27N7O4/c1-8-30(20-32(10-1)54-42-24-38-28(26-49-42)6-3-16-45-38)52-34-12-14-36-37-15-13-35(23-41(37)51(40(36)22-34)44-47-18-5-19-48-44)53-31-9-2-11-33(21-31)55-43-25-39-29(27-50-43)7-4-17-46-39/h1-27H. The molecule has 11 nitrogen and oxygen atoms in total. The van der Waals surface area contributed by atoms with E-state index >= 15 is 0 Å². The largest absolute Gasteiger partial charge is 0.457 e. The van der Waals surface area contributed by atoms with Crippen molar-refractivity contribution < 1.29 is 18.9 Å². The fraction of sp³-hybridized carbons (Fsp3) is 0. The Bertz CT molecular complexity index is 2840. The highest BCUT2D eigenvalue weighted by Crippen LogP contribution is 2.38. The summed E-state index contributed by atoms with van der Waals surface area (Å²) in [5, 5.41) is 3.88. The number of ether oxygens (including phenoxy) is 4. The lowest BCUT2D eigenvalue weighted by molar-refractivity contribution is 0.449. The monoisotopic (exact) mass is 717 g/mol. The average Bonchev–Trinajstić information content (AvgIpc) is 3.54. The van der Waals surface area contributed by atoms with Crippen LogP contribution in [0.15, 0.2) is 165 Å². The molecule has 0 radical (unpaired) electrons. The van der Waals surface area contributed by atoms with Gasteiger partial charge in [0.2, 0.25) is 17.7 Å². The first-order valence-electron chi connectivity index (χ1n) is 17.4. The summed E-state index contributed by atoms with van der Waals surface area (Å²) in [7, 11) is 0. The number of fused-ring (bicyclic) bond motifs is 5. The van der Waals surface area contributed by atoms with Crippen LogP contribution in [0.2, 0.25) is 0 Å². The highest BCUT2D eigenvalue weighted by Gasteiger charge is 2.17. The average molecular weight is 718 g/mol. The summed E-state index contributed by atoms with van der Waals surface area (Å²) < 4.78 is 26.9. The van der Waals surface area contributed by atoms with Crippen molar-refractivity contribution in [2.75, 3.05) is 0 Å². The molecule has 0 spiro atoms. The molecule has 0 unspecified atom stereocenters. The molecule has 6 aromatic heterocycles. The SMILES string of the molecule is c1cnc(-n2c3cc(Oc4cccc(Oc5cc6ncccc6cn5)c4)ccc3c3ccc(Oc4cccc(Oc5cc6ncccc6cn5)c4)cc32)nc1. The molecule has 0 saturated heterocycles. The maximum Gasteiger partial charge on any atom is 0.234 e. The zero-order valence-electron chi connectivity index (χ0n) is 28.9. The summed E-state index contributed by atoms with van der Waals surface area (Å²) in [6, 6.07) is 39.9. The van der Waals surface area contributed by atoms with Crippen LogP contribution in [-0.4, -0.2) is 34.5 Å². The van der Waals surface area contributed by atoms with Crippen LogP contribution < -0.4 is 18.9 Å². The number of hydrogen-bond acceptors (Lipinski definition) is 10. The van der Waals surface area contributed by atoms with Crippen molar-refractivity contribution in [2.45, 2.75) is 0 Å². The smallest absolute Gasteiger partial charge is 0.234 e. The lowest BCUT2D eigenvalue weighted by Gasteiger charge is -2.11. The topological polar surface area (TPSA) is 119 Å². The van der Waals surface area contributed by atoms with Gasteiger partial charge in [-0.2, -0.15) is 0 Å². The summed E-state index contributed by atoms with van der Waals surface area (Å²) >= 11 is 0. The molecule has 10 aromatic rings. The molecule has 0 amide bonds. The Morgan fingerprint density at radius 3 is 1.33 bits per heavy atom. The quantitative estimate of drug-likeness (QED) is 0.143. The van der Waals surface area contributed by atoms with E-state index in [1.165, 1.54) is 0 Å². The minimum atomic E-state index is 0.442. The van der Waals surface area contributed by atoms with Crippen LogP contribution in [-0.2, 0) is 0 Å². The van der Waals surface area contributed by atoms with Gasteiger partial charge in [-0.1, -0.05) is 12.1 Å². The summed E-state index contributed by atoms with van der Waals surface area (Å²) in [6.45, 7) is 0. The van der Waals surface area contributed by atoms with Crippen molar-refractivity contribution in [3.8, 4) is 52.2 Å². The fourth-order valence-corrected chi connectivity index (χ4v) is 6.45. The van der Waals surface area contributed by atoms with Crippen LogP contribution in [0.3, 0.4) is 0 Å². The zero-order chi connectivity index (χ0) is 36.6. The van der Waals surface area contributed by atoms with Gasteiger partial charge in [0.05, 0.1) is 22.1 Å². The number of pyridine rings is 4. The van der Waals surface area contributed by atoms with E-state index in [0.717, 1.165) is 43.6 Å². The van der Waals surface area contributed by atoms with Crippen molar-refractivity contribution in [3.63, 3.8) is 0 Å². The number of rotatable bonds is 9. The lowest BCUT2D eigenvalue weighted by atomic mass is 10.1. The summed E-state index contributed by atoms with van der Waals surface area (Å²) in [5.74, 6) is 5.02. The lowest BCUT2D eigenvalue weighted by Crippen LogP contribution is -2.00. The van der Waals surface area contributed by atoms with Crippen LogP contribution in [0.4, 0.5) is 0 Å². The molecule has 10 rings (SSSR count). The zero-order valence-corrected chi connectivity index (χ0v) is 28.9. The minimum absolute atomic E-state index is 0.442. The molecular formula is C44H27N7O4. The molecule has 11 heteroatoms. The second kappa shape index (κ2) is 13.6. The normalized spacial score (nSPS) is 11.3. The molecule has 262 valence electrons. The molecule has 0 aliphatic rings. The van der Waals surface area contributed by atoms with Crippen molar-refractivity contribution >= 4 is 43.6 Å². The van der Waals surface area contributed by atoms with E-state index in [2.05, 4.69) is 29.9 Å². The molecule has 0 N–H and O–H groups in total. The van der Waals surface area contributed by atoms with Crippen molar-refractivity contribution in [2.24, 2.45) is 0 Å². The maximum atomic E-state index is 6.39. The molecule has 0 fully saturated rings. The van der Waals surface area contributed by atoms with Crippen LogP contribution in [0.5, 0.6) is 46.3 Å². The van der Waals surface area contributed by atoms with Crippen LogP contribution in [0, 0.1) is 0 Å². The van der Waals surface area contributed by atoms with Gasteiger partial charge in [-0.05, 0) is 78.9 Å². The predicted molar refractivity (Wildman–Crippen MR) is 209 cm³/mol. The van der Waals surface area contributed by atoms with Gasteiger partial charge in [0.25, 0.3) is 0 Å². The third kappa shape index (κ3) is 6.42. The van der Waals surface area contributed by atoms with E-state index in [-0.39, 0.29) is 0 Å². The van der Waals surface area contributed by atoms with E-state index < -0.39 is 0 Å². The first-order valence-corrected chi connectivity index (χ1v) is 17.4. The molecular weight excluding hydrogens is 691 g/mol. The number of aromatic nitrogens is 7. The Morgan fingerprint density at radius 1 is 0.364 bits per heavy atom. The molecule has 6 heterocycles. The van der Waals surface area contributed by atoms with E-state index in [0.29, 0.717) is 52.2 Å².